The van der Waals surface area contributed by atoms with Gasteiger partial charge in [-0.25, -0.2) is 0 Å². The number of amides is 1. The number of anilines is 1. The molecule has 0 aliphatic carbocycles. The molecule has 34 heavy (non-hydrogen) atoms. The Labute approximate surface area is 202 Å². The highest BCUT2D eigenvalue weighted by Crippen LogP contribution is 2.25. The number of hydrogen-bond donors (Lipinski definition) is 1. The van der Waals surface area contributed by atoms with Crippen LogP contribution in [0, 0.1) is 17.2 Å². The molecule has 4 aromatic rings. The molecule has 0 spiro atoms. The third-order valence-corrected chi connectivity index (χ3v) is 5.96. The van der Waals surface area contributed by atoms with E-state index in [1.165, 1.54) is 11.3 Å². The highest BCUT2D eigenvalue weighted by molar-refractivity contribution is 7.15. The van der Waals surface area contributed by atoms with Crippen molar-refractivity contribution in [3.63, 3.8) is 0 Å². The van der Waals surface area contributed by atoms with Gasteiger partial charge in [0.1, 0.15) is 29.0 Å². The molecule has 0 aliphatic heterocycles. The first-order valence-electron chi connectivity index (χ1n) is 11.0. The minimum absolute atomic E-state index is 0.00375. The van der Waals surface area contributed by atoms with E-state index in [1.807, 2.05) is 66.9 Å². The number of aromatic nitrogens is 3. The number of nitrogens with one attached hydrogen (secondary N) is 1. The molecule has 2 heterocycles. The summed E-state index contributed by atoms with van der Waals surface area (Å²) in [5.74, 6) is 0.760. The molecule has 0 fully saturated rings. The van der Waals surface area contributed by atoms with Crippen LogP contribution in [0.25, 0.3) is 17.0 Å². The number of nitrogens with zero attached hydrogens (tertiary/aromatic N) is 4. The van der Waals surface area contributed by atoms with E-state index in [9.17, 15) is 10.1 Å². The zero-order chi connectivity index (χ0) is 23.9. The molecule has 0 unspecified atom stereocenters. The van der Waals surface area contributed by atoms with E-state index in [2.05, 4.69) is 33.9 Å². The van der Waals surface area contributed by atoms with Crippen molar-refractivity contribution in [2.75, 3.05) is 11.9 Å². The van der Waals surface area contributed by atoms with Crippen molar-refractivity contribution in [2.45, 2.75) is 26.8 Å². The highest BCUT2D eigenvalue weighted by Gasteiger charge is 2.15. The van der Waals surface area contributed by atoms with Crippen LogP contribution in [0.15, 0.2) is 66.4 Å². The first-order valence-corrected chi connectivity index (χ1v) is 11.9. The summed E-state index contributed by atoms with van der Waals surface area (Å²) >= 11 is 1.33. The van der Waals surface area contributed by atoms with Crippen molar-refractivity contribution in [1.82, 2.24) is 14.8 Å². The van der Waals surface area contributed by atoms with Gasteiger partial charge in [-0.3, -0.25) is 10.1 Å². The van der Waals surface area contributed by atoms with E-state index in [-0.39, 0.29) is 5.57 Å². The summed E-state index contributed by atoms with van der Waals surface area (Å²) in [4.78, 5) is 12.8. The van der Waals surface area contributed by atoms with Crippen molar-refractivity contribution in [3.05, 3.63) is 76.9 Å². The summed E-state index contributed by atoms with van der Waals surface area (Å²) in [5.41, 5.74) is 1.80. The molecule has 1 N–H and O–H groups in total. The van der Waals surface area contributed by atoms with Crippen molar-refractivity contribution >= 4 is 39.4 Å². The van der Waals surface area contributed by atoms with Crippen molar-refractivity contribution in [1.29, 1.82) is 5.26 Å². The minimum Gasteiger partial charge on any atom is -0.492 e. The number of ether oxygens (including phenoxy) is 1. The molecule has 0 saturated heterocycles. The van der Waals surface area contributed by atoms with E-state index < -0.39 is 5.91 Å². The Kier molecular flexibility index (Phi) is 7.35. The third-order valence-electron chi connectivity index (χ3n) is 5.10. The summed E-state index contributed by atoms with van der Waals surface area (Å²) in [6.45, 7) is 5.31. The second-order valence-corrected chi connectivity index (χ2v) is 9.24. The van der Waals surface area contributed by atoms with Gasteiger partial charge in [-0.2, -0.15) is 5.26 Å². The van der Waals surface area contributed by atoms with Gasteiger partial charge in [0, 0.05) is 29.1 Å². The Balaban J connectivity index is 1.52. The summed E-state index contributed by atoms with van der Waals surface area (Å²) in [6, 6.07) is 19.6. The van der Waals surface area contributed by atoms with E-state index in [1.54, 1.807) is 6.08 Å². The lowest BCUT2D eigenvalue weighted by molar-refractivity contribution is -0.112. The Morgan fingerprint density at radius 2 is 1.94 bits per heavy atom. The van der Waals surface area contributed by atoms with Gasteiger partial charge in [0.05, 0.1) is 6.54 Å². The average Bonchev–Trinajstić information content (AvgIpc) is 3.41. The monoisotopic (exact) mass is 471 g/mol. The van der Waals surface area contributed by atoms with E-state index in [4.69, 9.17) is 4.74 Å². The maximum absolute atomic E-state index is 12.8. The second-order valence-electron chi connectivity index (χ2n) is 8.18. The van der Waals surface area contributed by atoms with Gasteiger partial charge in [0.2, 0.25) is 5.13 Å². The lowest BCUT2D eigenvalue weighted by Crippen LogP contribution is -2.13. The summed E-state index contributed by atoms with van der Waals surface area (Å²) in [6.07, 6.45) is 4.35. The quantitative estimate of drug-likeness (QED) is 0.264. The molecule has 0 bridgehead atoms. The molecule has 2 aromatic carbocycles. The van der Waals surface area contributed by atoms with Gasteiger partial charge in [-0.05, 0) is 30.2 Å². The number of rotatable bonds is 9. The molecule has 0 radical (unpaired) electrons. The zero-order valence-electron chi connectivity index (χ0n) is 19.1. The Morgan fingerprint density at radius 1 is 1.18 bits per heavy atom. The molecule has 4 rings (SSSR count). The van der Waals surface area contributed by atoms with Gasteiger partial charge >= 0.3 is 0 Å². The Hall–Kier alpha value is -3.96. The van der Waals surface area contributed by atoms with Crippen LogP contribution in [0.3, 0.4) is 0 Å². The van der Waals surface area contributed by atoms with Gasteiger partial charge in [0.15, 0.2) is 0 Å². The number of hydrogen-bond acceptors (Lipinski definition) is 6. The van der Waals surface area contributed by atoms with E-state index in [0.717, 1.165) is 33.6 Å². The predicted octanol–water partition coefficient (Wildman–Crippen LogP) is 5.32. The largest absolute Gasteiger partial charge is 0.492 e. The van der Waals surface area contributed by atoms with Gasteiger partial charge in [0.25, 0.3) is 5.91 Å². The van der Waals surface area contributed by atoms with Crippen LogP contribution in [0.1, 0.15) is 24.4 Å². The van der Waals surface area contributed by atoms with Crippen LogP contribution >= 0.6 is 11.3 Å². The van der Waals surface area contributed by atoms with Gasteiger partial charge in [-0.15, -0.1) is 10.2 Å². The number of para-hydroxylation sites is 2. The fraction of sp³-hybridized carbons (Fsp3) is 0.231. The first kappa shape index (κ1) is 23.2. The minimum atomic E-state index is -0.501. The van der Waals surface area contributed by atoms with Crippen molar-refractivity contribution in [2.24, 2.45) is 5.92 Å². The van der Waals surface area contributed by atoms with Crippen LogP contribution in [0.5, 0.6) is 5.75 Å². The molecule has 0 atom stereocenters. The lowest BCUT2D eigenvalue weighted by atomic mass is 10.1. The van der Waals surface area contributed by atoms with Crippen LogP contribution in [0.4, 0.5) is 5.13 Å². The zero-order valence-corrected chi connectivity index (χ0v) is 19.9. The van der Waals surface area contributed by atoms with E-state index in [0.29, 0.717) is 24.2 Å². The molecule has 7 nitrogen and oxygen atoms in total. The number of nitriles is 1. The van der Waals surface area contributed by atoms with Gasteiger partial charge < -0.3 is 9.30 Å². The lowest BCUT2D eigenvalue weighted by Gasteiger charge is -2.08. The van der Waals surface area contributed by atoms with E-state index >= 15 is 0 Å². The normalized spacial score (nSPS) is 11.5. The molecule has 1 amide bonds. The summed E-state index contributed by atoms with van der Waals surface area (Å²) in [5, 5.41) is 22.7. The molecule has 8 heteroatoms. The SMILES string of the molecule is CC(C)Cc1nnc(NC(=O)/C(C#N)=C\c2cn(CCOc3ccccc3)c3ccccc23)s1. The third kappa shape index (κ3) is 5.69. The molecular formula is C26H25N5O2S. The Morgan fingerprint density at radius 3 is 2.71 bits per heavy atom. The maximum atomic E-state index is 12.8. The fourth-order valence-corrected chi connectivity index (χ4v) is 4.51. The van der Waals surface area contributed by atoms with Crippen LogP contribution < -0.4 is 10.1 Å². The highest BCUT2D eigenvalue weighted by atomic mass is 32.1. The smallest absolute Gasteiger partial charge is 0.268 e. The topological polar surface area (TPSA) is 92.8 Å². The standard InChI is InChI=1S/C26H25N5O2S/c1-18(2)14-24-29-30-26(34-24)28-25(32)19(16-27)15-20-17-31(23-11-7-6-10-22(20)23)12-13-33-21-8-4-3-5-9-21/h3-11,15,17-18H,12-14H2,1-2H3,(H,28,30,32)/b19-15-. The van der Waals surface area contributed by atoms with Crippen molar-refractivity contribution < 1.29 is 9.53 Å². The fourth-order valence-electron chi connectivity index (χ4n) is 3.56. The number of benzene rings is 2. The molecule has 0 aliphatic rings. The second kappa shape index (κ2) is 10.8. The number of carbonyl (C=O) groups excluding carboxylic acids is 1. The summed E-state index contributed by atoms with van der Waals surface area (Å²) in [7, 11) is 0. The van der Waals surface area contributed by atoms with Crippen LogP contribution in [-0.4, -0.2) is 27.3 Å². The molecule has 0 saturated carbocycles. The summed E-state index contributed by atoms with van der Waals surface area (Å²) < 4.78 is 7.91. The van der Waals surface area contributed by atoms with Crippen LogP contribution in [0.2, 0.25) is 0 Å². The Bertz CT molecular complexity index is 1350. The average molecular weight is 472 g/mol. The molecular weight excluding hydrogens is 446 g/mol. The van der Waals surface area contributed by atoms with Crippen LogP contribution in [-0.2, 0) is 17.8 Å². The molecule has 172 valence electrons. The number of carbonyl (C=O) groups is 1. The predicted molar refractivity (Wildman–Crippen MR) is 135 cm³/mol. The van der Waals surface area contributed by atoms with Gasteiger partial charge in [-0.1, -0.05) is 61.6 Å². The maximum Gasteiger partial charge on any atom is 0.268 e. The van der Waals surface area contributed by atoms with Crippen molar-refractivity contribution in [3.8, 4) is 11.8 Å². The molecule has 2 aromatic heterocycles. The first-order chi connectivity index (χ1) is 16.5. The number of fused-ring (bicyclic) bond motifs is 1.